The number of ether oxygens (including phenoxy) is 1. The number of amides is 2. The van der Waals surface area contributed by atoms with Gasteiger partial charge in [0, 0.05) is 19.5 Å². The van der Waals surface area contributed by atoms with E-state index in [9.17, 15) is 23.9 Å². The van der Waals surface area contributed by atoms with E-state index in [0.717, 1.165) is 16.7 Å². The summed E-state index contributed by atoms with van der Waals surface area (Å²) in [6, 6.07) is 24.8. The van der Waals surface area contributed by atoms with Crippen molar-refractivity contribution >= 4 is 17.8 Å². The lowest BCUT2D eigenvalue weighted by Crippen LogP contribution is -2.45. The second-order valence-corrected chi connectivity index (χ2v) is 11.3. The molecular formula is C36H41FN2O5. The second kappa shape index (κ2) is 17.1. The molecule has 0 unspecified atom stereocenters. The number of aliphatic hydroxyl groups is 1. The van der Waals surface area contributed by atoms with Gasteiger partial charge in [0.15, 0.2) is 0 Å². The fourth-order valence-corrected chi connectivity index (χ4v) is 5.39. The summed E-state index contributed by atoms with van der Waals surface area (Å²) in [6.07, 6.45) is 6.15. The van der Waals surface area contributed by atoms with Crippen LogP contribution in [-0.4, -0.2) is 53.6 Å². The van der Waals surface area contributed by atoms with Crippen LogP contribution >= 0.6 is 0 Å². The van der Waals surface area contributed by atoms with E-state index in [1.807, 2.05) is 72.8 Å². The maximum Gasteiger partial charge on any atom is 0.309 e. The van der Waals surface area contributed by atoms with E-state index in [4.69, 9.17) is 4.74 Å². The molecule has 8 heteroatoms. The van der Waals surface area contributed by atoms with Crippen molar-refractivity contribution in [1.29, 1.82) is 0 Å². The Hall–Kier alpha value is -4.30. The van der Waals surface area contributed by atoms with E-state index in [1.54, 1.807) is 17.0 Å². The molecule has 0 fully saturated rings. The van der Waals surface area contributed by atoms with Crippen molar-refractivity contribution in [3.05, 3.63) is 120 Å². The number of allylic oxidation sites excluding steroid dienone is 2. The number of esters is 1. The Labute approximate surface area is 258 Å². The second-order valence-electron chi connectivity index (χ2n) is 11.3. The number of halogens is 1. The van der Waals surface area contributed by atoms with Gasteiger partial charge in [-0.2, -0.15) is 0 Å². The van der Waals surface area contributed by atoms with E-state index in [0.29, 0.717) is 38.6 Å². The number of carbonyl (C=O) groups is 3. The Bertz CT molecular complexity index is 1360. The van der Waals surface area contributed by atoms with Gasteiger partial charge in [-0.25, -0.2) is 4.39 Å². The molecule has 3 aromatic rings. The van der Waals surface area contributed by atoms with Crippen molar-refractivity contribution in [2.75, 3.05) is 19.8 Å². The van der Waals surface area contributed by atoms with Crippen LogP contribution in [-0.2, 0) is 38.5 Å². The molecule has 2 amide bonds. The minimum Gasteiger partial charge on any atom is -0.463 e. The van der Waals surface area contributed by atoms with E-state index in [-0.39, 0.29) is 49.8 Å². The molecule has 4 rings (SSSR count). The van der Waals surface area contributed by atoms with Crippen LogP contribution in [0, 0.1) is 17.7 Å². The highest BCUT2D eigenvalue weighted by atomic mass is 19.1. The molecule has 2 N–H and O–H groups in total. The van der Waals surface area contributed by atoms with Crippen molar-refractivity contribution in [3.63, 3.8) is 0 Å². The zero-order chi connectivity index (χ0) is 31.1. The topological polar surface area (TPSA) is 95.9 Å². The molecule has 0 aromatic heterocycles. The predicted molar refractivity (Wildman–Crippen MR) is 167 cm³/mol. The summed E-state index contributed by atoms with van der Waals surface area (Å²) < 4.78 is 19.3. The van der Waals surface area contributed by atoms with Gasteiger partial charge in [-0.15, -0.1) is 0 Å². The molecular weight excluding hydrogens is 559 g/mol. The third kappa shape index (κ3) is 10.5. The predicted octanol–water partition coefficient (Wildman–Crippen LogP) is 5.02. The van der Waals surface area contributed by atoms with Crippen molar-refractivity contribution in [3.8, 4) is 0 Å². The summed E-state index contributed by atoms with van der Waals surface area (Å²) in [6.45, 7) is 0.309. The lowest BCUT2D eigenvalue weighted by atomic mass is 9.94. The Morgan fingerprint density at radius 2 is 1.52 bits per heavy atom. The standard InChI is InChI=1S/C36H41FN2O5/c37-32-18-16-28(17-19-32)22-31-15-9-3-8-14-30(24-34(41)39(20-21-40)25-29-12-6-2-7-13-29)35(42)38-33(26-44-36(31)43)23-27-10-4-1-5-11-27/h1-8,10-13,16-19,30-31,33,40H,9,14-15,20-26H2,(H,38,42)/b8-3+/t30-,31+,33-/m1/s1. The smallest absolute Gasteiger partial charge is 0.309 e. The molecule has 1 heterocycles. The molecule has 1 aliphatic rings. The Morgan fingerprint density at radius 1 is 0.864 bits per heavy atom. The van der Waals surface area contributed by atoms with Gasteiger partial charge in [0.1, 0.15) is 12.4 Å². The normalized spacial score (nSPS) is 20.3. The van der Waals surface area contributed by atoms with E-state index >= 15 is 0 Å². The van der Waals surface area contributed by atoms with Crippen molar-refractivity contribution in [2.45, 2.75) is 51.1 Å². The van der Waals surface area contributed by atoms with Gasteiger partial charge in [-0.3, -0.25) is 14.4 Å². The van der Waals surface area contributed by atoms with Gasteiger partial charge in [-0.1, -0.05) is 84.9 Å². The number of carbonyl (C=O) groups excluding carboxylic acids is 3. The van der Waals surface area contributed by atoms with Crippen LogP contribution in [0.3, 0.4) is 0 Å². The first-order chi connectivity index (χ1) is 21.4. The third-order valence-corrected chi connectivity index (χ3v) is 7.83. The van der Waals surface area contributed by atoms with Crippen molar-refractivity contribution < 1.29 is 28.6 Å². The summed E-state index contributed by atoms with van der Waals surface area (Å²) in [5.74, 6) is -2.26. The Balaban J connectivity index is 1.52. The van der Waals surface area contributed by atoms with Crippen LogP contribution in [0.5, 0.6) is 0 Å². The SMILES string of the molecule is O=C1N[C@H](Cc2ccccc2)COC(=O)[C@H](Cc2ccc(F)cc2)CC/C=C/C[C@@H]1CC(=O)N(CCO)Cc1ccccc1. The Morgan fingerprint density at radius 3 is 2.20 bits per heavy atom. The first kappa shape index (κ1) is 32.6. The number of benzene rings is 3. The molecule has 7 nitrogen and oxygen atoms in total. The molecule has 0 radical (unpaired) electrons. The Kier molecular flexibility index (Phi) is 12.7. The monoisotopic (exact) mass is 600 g/mol. The molecule has 44 heavy (non-hydrogen) atoms. The van der Waals surface area contributed by atoms with Gasteiger partial charge in [0.2, 0.25) is 11.8 Å². The van der Waals surface area contributed by atoms with E-state index in [1.165, 1.54) is 12.1 Å². The minimum absolute atomic E-state index is 0.0157. The lowest BCUT2D eigenvalue weighted by Gasteiger charge is -2.26. The van der Waals surface area contributed by atoms with E-state index in [2.05, 4.69) is 5.32 Å². The zero-order valence-corrected chi connectivity index (χ0v) is 24.9. The summed E-state index contributed by atoms with van der Waals surface area (Å²) in [5.41, 5.74) is 2.76. The molecule has 0 saturated heterocycles. The molecule has 232 valence electrons. The summed E-state index contributed by atoms with van der Waals surface area (Å²) in [7, 11) is 0. The largest absolute Gasteiger partial charge is 0.463 e. The molecule has 0 bridgehead atoms. The van der Waals surface area contributed by atoms with Crippen LogP contribution in [0.4, 0.5) is 4.39 Å². The highest BCUT2D eigenvalue weighted by Gasteiger charge is 2.28. The quantitative estimate of drug-likeness (QED) is 0.252. The number of hydrogen-bond acceptors (Lipinski definition) is 5. The number of nitrogens with one attached hydrogen (secondary N) is 1. The number of cyclic esters (lactones) is 1. The van der Waals surface area contributed by atoms with Gasteiger partial charge in [-0.05, 0) is 60.9 Å². The van der Waals surface area contributed by atoms with E-state index < -0.39 is 17.9 Å². The molecule has 0 saturated carbocycles. The maximum absolute atomic E-state index is 13.7. The van der Waals surface area contributed by atoms with Gasteiger partial charge < -0.3 is 20.1 Å². The number of nitrogens with zero attached hydrogens (tertiary/aromatic N) is 1. The minimum atomic E-state index is -0.638. The first-order valence-electron chi connectivity index (χ1n) is 15.2. The molecule has 1 aliphatic heterocycles. The van der Waals surface area contributed by atoms with Crippen LogP contribution in [0.2, 0.25) is 0 Å². The number of rotatable bonds is 10. The molecule has 0 spiro atoms. The number of hydrogen-bond donors (Lipinski definition) is 2. The fourth-order valence-electron chi connectivity index (χ4n) is 5.39. The highest BCUT2D eigenvalue weighted by molar-refractivity contribution is 5.86. The zero-order valence-electron chi connectivity index (χ0n) is 24.9. The molecule has 3 atom stereocenters. The molecule has 3 aromatic carbocycles. The van der Waals surface area contributed by atoms with Crippen LogP contribution in [0.15, 0.2) is 97.1 Å². The average molecular weight is 601 g/mol. The molecule has 0 aliphatic carbocycles. The maximum atomic E-state index is 13.7. The van der Waals surface area contributed by atoms with Crippen LogP contribution in [0.1, 0.15) is 42.4 Å². The van der Waals surface area contributed by atoms with Crippen molar-refractivity contribution in [1.82, 2.24) is 10.2 Å². The highest BCUT2D eigenvalue weighted by Crippen LogP contribution is 2.20. The lowest BCUT2D eigenvalue weighted by molar-refractivity contribution is -0.150. The third-order valence-electron chi connectivity index (χ3n) is 7.83. The van der Waals surface area contributed by atoms with Gasteiger partial charge in [0.05, 0.1) is 24.5 Å². The summed E-state index contributed by atoms with van der Waals surface area (Å²) in [4.78, 5) is 42.0. The van der Waals surface area contributed by atoms with Crippen LogP contribution < -0.4 is 5.32 Å². The van der Waals surface area contributed by atoms with Gasteiger partial charge in [0.25, 0.3) is 0 Å². The first-order valence-corrected chi connectivity index (χ1v) is 15.2. The fraction of sp³-hybridized carbons (Fsp3) is 0.361. The summed E-state index contributed by atoms with van der Waals surface area (Å²) >= 11 is 0. The number of aliphatic hydroxyl groups excluding tert-OH is 1. The van der Waals surface area contributed by atoms with Gasteiger partial charge >= 0.3 is 5.97 Å². The van der Waals surface area contributed by atoms with Crippen molar-refractivity contribution in [2.24, 2.45) is 11.8 Å². The van der Waals surface area contributed by atoms with Crippen LogP contribution in [0.25, 0.3) is 0 Å². The average Bonchev–Trinajstić information content (AvgIpc) is 3.04. The summed E-state index contributed by atoms with van der Waals surface area (Å²) in [5, 5.41) is 12.7.